The van der Waals surface area contributed by atoms with Crippen molar-refractivity contribution in [3.05, 3.63) is 59.2 Å². The zero-order valence-electron chi connectivity index (χ0n) is 14.2. The lowest BCUT2D eigenvalue weighted by Crippen LogP contribution is -2.11. The molecule has 0 amide bonds. The number of allylic oxidation sites excluding steroid dienone is 1. The fourth-order valence-corrected chi connectivity index (χ4v) is 2.43. The molecule has 0 fully saturated rings. The van der Waals surface area contributed by atoms with Crippen LogP contribution in [0.2, 0.25) is 0 Å². The van der Waals surface area contributed by atoms with E-state index in [-0.39, 0.29) is 28.6 Å². The van der Waals surface area contributed by atoms with E-state index in [4.69, 9.17) is 11.6 Å². The third-order valence-corrected chi connectivity index (χ3v) is 4.00. The van der Waals surface area contributed by atoms with Crippen LogP contribution in [0, 0.1) is 0 Å². The number of phenols is 3. The first-order valence-electron chi connectivity index (χ1n) is 7.91. The molecule has 0 saturated heterocycles. The minimum absolute atomic E-state index is 0.0579. The van der Waals surface area contributed by atoms with Crippen LogP contribution >= 0.6 is 11.6 Å². The number of hydrogen-bond acceptors (Lipinski definition) is 4. The van der Waals surface area contributed by atoms with Gasteiger partial charge in [-0.3, -0.25) is 4.79 Å². The van der Waals surface area contributed by atoms with Crippen molar-refractivity contribution in [2.24, 2.45) is 0 Å². The van der Waals surface area contributed by atoms with Gasteiger partial charge in [0.2, 0.25) is 0 Å². The lowest BCUT2D eigenvalue weighted by Gasteiger charge is -2.17. The zero-order chi connectivity index (χ0) is 18.6. The minimum Gasteiger partial charge on any atom is -0.508 e. The molecule has 4 nitrogen and oxygen atoms in total. The van der Waals surface area contributed by atoms with E-state index < -0.39 is 4.87 Å². The largest absolute Gasteiger partial charge is 0.508 e. The number of ketones is 1. The Kier molecular flexibility index (Phi) is 5.75. The van der Waals surface area contributed by atoms with Gasteiger partial charge in [-0.1, -0.05) is 18.2 Å². The molecule has 0 bridgehead atoms. The van der Waals surface area contributed by atoms with Crippen molar-refractivity contribution in [2.75, 3.05) is 0 Å². The summed E-state index contributed by atoms with van der Waals surface area (Å²) in [5, 5.41) is 29.6. The van der Waals surface area contributed by atoms with Gasteiger partial charge in [-0.05, 0) is 62.6 Å². The van der Waals surface area contributed by atoms with Crippen LogP contribution in [0.25, 0.3) is 6.08 Å². The summed E-state index contributed by atoms with van der Waals surface area (Å²) in [5.74, 6) is -0.512. The number of carbonyl (C=O) groups is 1. The molecular formula is C20H21ClO4. The summed E-state index contributed by atoms with van der Waals surface area (Å²) >= 11 is 6.16. The van der Waals surface area contributed by atoms with E-state index in [1.165, 1.54) is 30.3 Å². The van der Waals surface area contributed by atoms with Crippen LogP contribution in [-0.2, 0) is 6.42 Å². The average molecular weight is 361 g/mol. The van der Waals surface area contributed by atoms with Gasteiger partial charge in [0.25, 0.3) is 0 Å². The van der Waals surface area contributed by atoms with Crippen LogP contribution < -0.4 is 0 Å². The van der Waals surface area contributed by atoms with Gasteiger partial charge in [0.1, 0.15) is 17.2 Å². The van der Waals surface area contributed by atoms with Gasteiger partial charge in [-0.2, -0.15) is 0 Å². The number of carbonyl (C=O) groups excluding carboxylic acids is 1. The first-order chi connectivity index (χ1) is 11.7. The zero-order valence-corrected chi connectivity index (χ0v) is 14.9. The minimum atomic E-state index is -0.475. The van der Waals surface area contributed by atoms with E-state index in [1.54, 1.807) is 18.2 Å². The highest BCUT2D eigenvalue weighted by Gasteiger charge is 2.19. The third-order valence-electron chi connectivity index (χ3n) is 3.81. The highest BCUT2D eigenvalue weighted by atomic mass is 35.5. The molecule has 0 spiro atoms. The number of alkyl halides is 1. The highest BCUT2D eigenvalue weighted by molar-refractivity contribution is 6.23. The molecule has 0 aromatic heterocycles. The first-order valence-corrected chi connectivity index (χ1v) is 8.29. The van der Waals surface area contributed by atoms with E-state index in [1.807, 2.05) is 13.8 Å². The molecule has 2 rings (SSSR count). The van der Waals surface area contributed by atoms with Gasteiger partial charge in [0.15, 0.2) is 5.78 Å². The van der Waals surface area contributed by atoms with Crippen molar-refractivity contribution in [1.29, 1.82) is 0 Å². The predicted octanol–water partition coefficient (Wildman–Crippen LogP) is 4.65. The second-order valence-electron chi connectivity index (χ2n) is 6.47. The normalized spacial score (nSPS) is 11.8. The van der Waals surface area contributed by atoms with E-state index in [9.17, 15) is 20.1 Å². The Morgan fingerprint density at radius 3 is 2.32 bits per heavy atom. The molecule has 25 heavy (non-hydrogen) atoms. The average Bonchev–Trinajstić information content (AvgIpc) is 2.53. The van der Waals surface area contributed by atoms with Gasteiger partial charge in [-0.25, -0.2) is 0 Å². The Labute approximate surface area is 152 Å². The van der Waals surface area contributed by atoms with Crippen LogP contribution in [0.1, 0.15) is 41.8 Å². The van der Waals surface area contributed by atoms with Gasteiger partial charge >= 0.3 is 0 Å². The van der Waals surface area contributed by atoms with Crippen LogP contribution in [0.3, 0.4) is 0 Å². The second kappa shape index (κ2) is 7.62. The van der Waals surface area contributed by atoms with Crippen molar-refractivity contribution in [1.82, 2.24) is 0 Å². The van der Waals surface area contributed by atoms with Gasteiger partial charge in [0, 0.05) is 10.4 Å². The standard InChI is InChI=1S/C20H21ClO4/c1-20(2,21)12-11-16-18(24)10-8-15(19(16)25)17(23)9-5-13-3-6-14(22)7-4-13/h3-10,22,24-25H,11-12H2,1-2H3/b9-5+. The van der Waals surface area contributed by atoms with Crippen LogP contribution in [0.15, 0.2) is 42.5 Å². The highest BCUT2D eigenvalue weighted by Crippen LogP contribution is 2.34. The maximum absolute atomic E-state index is 12.4. The molecule has 0 aliphatic carbocycles. The third kappa shape index (κ3) is 5.26. The summed E-state index contributed by atoms with van der Waals surface area (Å²) in [6, 6.07) is 9.18. The monoisotopic (exact) mass is 360 g/mol. The van der Waals surface area contributed by atoms with E-state index in [2.05, 4.69) is 0 Å². The Balaban J connectivity index is 2.23. The number of halogens is 1. The van der Waals surface area contributed by atoms with E-state index >= 15 is 0 Å². The fourth-order valence-electron chi connectivity index (χ4n) is 2.34. The number of phenolic OH excluding ortho intramolecular Hbond substituents is 3. The van der Waals surface area contributed by atoms with Crippen molar-refractivity contribution >= 4 is 23.5 Å². The van der Waals surface area contributed by atoms with Crippen LogP contribution in [0.5, 0.6) is 17.2 Å². The summed E-state index contributed by atoms with van der Waals surface area (Å²) in [5.41, 5.74) is 1.18. The quantitative estimate of drug-likeness (QED) is 0.398. The van der Waals surface area contributed by atoms with Gasteiger partial charge in [-0.15, -0.1) is 11.6 Å². The van der Waals surface area contributed by atoms with Crippen molar-refractivity contribution in [3.8, 4) is 17.2 Å². The molecule has 5 heteroatoms. The molecule has 3 N–H and O–H groups in total. The summed E-state index contributed by atoms with van der Waals surface area (Å²) in [6.45, 7) is 3.69. The molecule has 0 radical (unpaired) electrons. The maximum atomic E-state index is 12.4. The predicted molar refractivity (Wildman–Crippen MR) is 99.5 cm³/mol. The Morgan fingerprint density at radius 1 is 1.08 bits per heavy atom. The lowest BCUT2D eigenvalue weighted by atomic mass is 9.97. The van der Waals surface area contributed by atoms with Gasteiger partial charge in [0.05, 0.1) is 5.56 Å². The Hall–Kier alpha value is -2.46. The molecule has 2 aromatic carbocycles. The first kappa shape index (κ1) is 18.9. The topological polar surface area (TPSA) is 77.8 Å². The fraction of sp³-hybridized carbons (Fsp3) is 0.250. The second-order valence-corrected chi connectivity index (χ2v) is 7.49. The van der Waals surface area contributed by atoms with Crippen molar-refractivity contribution in [3.63, 3.8) is 0 Å². The van der Waals surface area contributed by atoms with E-state index in [0.29, 0.717) is 18.4 Å². The molecular weight excluding hydrogens is 340 g/mol. The molecule has 0 aliphatic rings. The summed E-state index contributed by atoms with van der Waals surface area (Å²) in [7, 11) is 0. The number of rotatable bonds is 6. The molecule has 0 unspecified atom stereocenters. The van der Waals surface area contributed by atoms with Gasteiger partial charge < -0.3 is 15.3 Å². The Morgan fingerprint density at radius 2 is 1.72 bits per heavy atom. The molecule has 0 heterocycles. The summed E-state index contributed by atoms with van der Waals surface area (Å²) < 4.78 is 0. The molecule has 0 saturated carbocycles. The summed E-state index contributed by atoms with van der Waals surface area (Å²) in [4.78, 5) is 11.9. The number of benzene rings is 2. The molecule has 0 aliphatic heterocycles. The number of aromatic hydroxyl groups is 3. The van der Waals surface area contributed by atoms with Crippen LogP contribution in [0.4, 0.5) is 0 Å². The van der Waals surface area contributed by atoms with Crippen LogP contribution in [-0.4, -0.2) is 26.0 Å². The van der Waals surface area contributed by atoms with Crippen molar-refractivity contribution < 1.29 is 20.1 Å². The molecule has 2 aromatic rings. The molecule has 0 atom stereocenters. The summed E-state index contributed by atoms with van der Waals surface area (Å²) in [6.07, 6.45) is 3.83. The van der Waals surface area contributed by atoms with Crippen molar-refractivity contribution in [2.45, 2.75) is 31.6 Å². The smallest absolute Gasteiger partial charge is 0.189 e. The molecule has 132 valence electrons. The number of hydrogen-bond donors (Lipinski definition) is 3. The lowest BCUT2D eigenvalue weighted by molar-refractivity contribution is 0.104. The van der Waals surface area contributed by atoms with E-state index in [0.717, 1.165) is 5.56 Å². The SMILES string of the molecule is CC(C)(Cl)CCc1c(O)ccc(C(=O)/C=C/c2ccc(O)cc2)c1O. The maximum Gasteiger partial charge on any atom is 0.189 e. The Bertz CT molecular complexity index is 787.